The number of carboxylic acid groups (broad SMARTS) is 1. The van der Waals surface area contributed by atoms with Gasteiger partial charge in [0.1, 0.15) is 24.2 Å². The van der Waals surface area contributed by atoms with E-state index in [0.717, 1.165) is 45.4 Å². The highest BCUT2D eigenvalue weighted by atomic mass is 16.6. The summed E-state index contributed by atoms with van der Waals surface area (Å²) in [5.74, 6) is -5.67. The van der Waals surface area contributed by atoms with Gasteiger partial charge in [-0.3, -0.25) is 43.3 Å². The fraction of sp³-hybridized carbons (Fsp3) is 0.615. The fourth-order valence-corrected chi connectivity index (χ4v) is 11.3. The SMILES string of the molecule is CC[C@@]1(O)C(=O)OCc2c1cc1n(c2=O)Cc2c-1nc1ccc(CC(=O)[C@H](C)NC(=O)[C@@H](CC(=O)CC[C@H](NC(=O)CCOCCOCCOCCOCCOCCOCCOCCOCCCC(=O)CCN3C(=O)C=CC3=O)C(=O)O)C(C)C)c3c1c2CCC3. The number of aromatic nitrogens is 2. The van der Waals surface area contributed by atoms with Crippen molar-refractivity contribution in [1.82, 2.24) is 25.1 Å². The number of esters is 1. The molecule has 2 aromatic heterocycles. The van der Waals surface area contributed by atoms with E-state index in [1.165, 1.54) is 12.2 Å². The quantitative estimate of drug-likeness (QED) is 0.0281. The number of aliphatic hydroxyl groups is 1. The highest BCUT2D eigenvalue weighted by Gasteiger charge is 2.46. The fourth-order valence-electron chi connectivity index (χ4n) is 11.3. The molecule has 0 fully saturated rings. The molecule has 3 aliphatic heterocycles. The third-order valence-electron chi connectivity index (χ3n) is 16.5. The molecule has 0 unspecified atom stereocenters. The molecule has 0 spiro atoms. The van der Waals surface area contributed by atoms with Crippen molar-refractivity contribution < 1.29 is 96.0 Å². The monoisotopic (exact) mass is 1270 g/mol. The van der Waals surface area contributed by atoms with E-state index in [2.05, 4.69) is 10.6 Å². The number of aliphatic carboxylic acids is 1. The van der Waals surface area contributed by atoms with Gasteiger partial charge in [-0.15, -0.1) is 0 Å². The molecule has 4 amide bonds. The van der Waals surface area contributed by atoms with E-state index < -0.39 is 59.2 Å². The minimum absolute atomic E-state index is 0.0109. The maximum atomic E-state index is 13.9. The van der Waals surface area contributed by atoms with Crippen LogP contribution in [0.2, 0.25) is 0 Å². The maximum Gasteiger partial charge on any atom is 0.343 e. The van der Waals surface area contributed by atoms with Crippen LogP contribution in [0.4, 0.5) is 0 Å². The average Bonchev–Trinajstić information content (AvgIpc) is 1.64. The number of hydrogen-bond acceptors (Lipinski definition) is 21. The molecule has 4 N–H and O–H groups in total. The van der Waals surface area contributed by atoms with Crippen LogP contribution < -0.4 is 16.2 Å². The van der Waals surface area contributed by atoms with E-state index in [9.17, 15) is 58.2 Å². The molecule has 5 heterocycles. The van der Waals surface area contributed by atoms with Gasteiger partial charge < -0.3 is 68.0 Å². The lowest BCUT2D eigenvalue weighted by molar-refractivity contribution is -0.172. The number of Topliss-reactive ketones (excluding diaryl/α,β-unsaturated/α-hetero) is 3. The van der Waals surface area contributed by atoms with Crippen LogP contribution >= 0.6 is 0 Å². The van der Waals surface area contributed by atoms with Gasteiger partial charge in [0.2, 0.25) is 11.8 Å². The molecule has 498 valence electrons. The van der Waals surface area contributed by atoms with Crippen LogP contribution in [0, 0.1) is 11.8 Å². The van der Waals surface area contributed by atoms with Crippen LogP contribution in [0.15, 0.2) is 35.1 Å². The molecule has 91 heavy (non-hydrogen) atoms. The highest BCUT2D eigenvalue weighted by Crippen LogP contribution is 2.43. The number of imide groups is 1. The number of carbonyl (C=O) groups is 9. The number of cyclic esters (lactones) is 1. The Morgan fingerprint density at radius 1 is 0.681 bits per heavy atom. The molecular weight excluding hydrogens is 1190 g/mol. The van der Waals surface area contributed by atoms with Crippen LogP contribution in [-0.2, 0) is 124 Å². The minimum atomic E-state index is -1.94. The van der Waals surface area contributed by atoms with Crippen molar-refractivity contribution in [2.75, 3.05) is 112 Å². The zero-order valence-electron chi connectivity index (χ0n) is 52.6. The minimum Gasteiger partial charge on any atom is -0.480 e. The van der Waals surface area contributed by atoms with Crippen molar-refractivity contribution in [2.24, 2.45) is 11.8 Å². The summed E-state index contributed by atoms with van der Waals surface area (Å²) >= 11 is 0. The van der Waals surface area contributed by atoms with Crippen LogP contribution in [-0.4, -0.2) is 202 Å². The largest absolute Gasteiger partial charge is 0.480 e. The smallest absolute Gasteiger partial charge is 0.343 e. The van der Waals surface area contributed by atoms with Gasteiger partial charge in [-0.05, 0) is 80.2 Å². The molecule has 7 rings (SSSR count). The van der Waals surface area contributed by atoms with Gasteiger partial charge in [-0.1, -0.05) is 26.8 Å². The van der Waals surface area contributed by atoms with Crippen molar-refractivity contribution in [3.63, 3.8) is 0 Å². The third kappa shape index (κ3) is 20.0. The van der Waals surface area contributed by atoms with Gasteiger partial charge in [0, 0.05) is 86.3 Å². The Morgan fingerprint density at radius 2 is 1.25 bits per heavy atom. The first-order valence-corrected chi connectivity index (χ1v) is 31.5. The van der Waals surface area contributed by atoms with Crippen LogP contribution in [0.1, 0.15) is 119 Å². The second-order valence-electron chi connectivity index (χ2n) is 23.1. The summed E-state index contributed by atoms with van der Waals surface area (Å²) in [4.78, 5) is 133. The molecule has 26 heteroatoms. The van der Waals surface area contributed by atoms with Crippen molar-refractivity contribution >= 4 is 63.8 Å². The van der Waals surface area contributed by atoms with Gasteiger partial charge in [0.05, 0.1) is 134 Å². The summed E-state index contributed by atoms with van der Waals surface area (Å²) in [6.45, 7) is 12.4. The number of amides is 4. The molecule has 4 aliphatic rings. The summed E-state index contributed by atoms with van der Waals surface area (Å²) in [5, 5.41) is 27.4. The van der Waals surface area contributed by atoms with E-state index >= 15 is 0 Å². The van der Waals surface area contributed by atoms with E-state index in [-0.39, 0.29) is 124 Å². The number of carboxylic acids is 1. The molecule has 0 radical (unpaired) electrons. The van der Waals surface area contributed by atoms with Gasteiger partial charge in [0.25, 0.3) is 17.4 Å². The lowest BCUT2D eigenvalue weighted by Gasteiger charge is -2.31. The molecule has 1 aliphatic carbocycles. The second-order valence-corrected chi connectivity index (χ2v) is 23.1. The van der Waals surface area contributed by atoms with Crippen molar-refractivity contribution in [3.05, 3.63) is 74.1 Å². The Labute approximate surface area is 528 Å². The van der Waals surface area contributed by atoms with E-state index in [0.29, 0.717) is 122 Å². The first-order chi connectivity index (χ1) is 43.8. The van der Waals surface area contributed by atoms with Crippen LogP contribution in [0.5, 0.6) is 0 Å². The second kappa shape index (κ2) is 35.7. The molecule has 3 aromatic rings. The van der Waals surface area contributed by atoms with Crippen LogP contribution in [0.3, 0.4) is 0 Å². The molecular formula is C65H87N5O21. The van der Waals surface area contributed by atoms with E-state index in [1.807, 2.05) is 12.1 Å². The number of ketones is 3. The number of fused-ring (bicyclic) bond motifs is 5. The summed E-state index contributed by atoms with van der Waals surface area (Å²) in [5.41, 5.74) is 3.74. The van der Waals surface area contributed by atoms with Gasteiger partial charge in [0.15, 0.2) is 11.4 Å². The van der Waals surface area contributed by atoms with Gasteiger partial charge in [-0.2, -0.15) is 0 Å². The Bertz CT molecular complexity index is 3160. The highest BCUT2D eigenvalue weighted by molar-refractivity contribution is 6.13. The number of nitrogens with zero attached hydrogens (tertiary/aromatic N) is 3. The number of carbonyl (C=O) groups excluding carboxylic acids is 8. The lowest BCUT2D eigenvalue weighted by Crippen LogP contribution is -2.44. The summed E-state index contributed by atoms with van der Waals surface area (Å²) in [7, 11) is 0. The summed E-state index contributed by atoms with van der Waals surface area (Å²) < 4.78 is 50.7. The number of rotatable bonds is 45. The number of nitrogens with one attached hydrogen (secondary N) is 2. The van der Waals surface area contributed by atoms with Gasteiger partial charge >= 0.3 is 11.9 Å². The van der Waals surface area contributed by atoms with E-state index in [4.69, 9.17) is 47.6 Å². The standard InChI is InChI=1S/C65H87N5O21/c1-5-65(82)51-38-54-60-49(39-70(54)62(78)50(51)40-91-64(65)81)47-10-6-9-46-43(11-13-52(68-60)59(46)47)36-55(73)42(4)66-61(77)48(41(2)3)37-45(72)12-14-53(63(79)80)67-56(74)18-21-84-23-25-86-27-29-88-31-33-90-35-34-89-32-30-87-28-26-85-24-22-83-20-7-8-44(71)17-19-69-57(75)15-16-58(69)76/h11,13,15-16,38,41-42,48,53,82H,5-10,12,14,17-37,39-40H2,1-4H3,(H,66,77)(H,67,74)(H,79,80)/t42-,48-,53-,65-/m0/s1. The molecule has 4 atom stereocenters. The Balaban J connectivity index is 0.681. The molecule has 0 saturated heterocycles. The average molecular weight is 1270 g/mol. The number of benzene rings is 1. The summed E-state index contributed by atoms with van der Waals surface area (Å²) in [6.07, 6.45) is 4.95. The number of aryl methyl sites for hydroxylation is 2. The zero-order chi connectivity index (χ0) is 65.5. The first kappa shape index (κ1) is 71.4. The topological polar surface area (TPSA) is 339 Å². The van der Waals surface area contributed by atoms with Gasteiger partial charge in [-0.25, -0.2) is 14.6 Å². The maximum absolute atomic E-state index is 13.9. The van der Waals surface area contributed by atoms with E-state index in [1.54, 1.807) is 38.3 Å². The first-order valence-electron chi connectivity index (χ1n) is 31.5. The number of pyridine rings is 2. The molecule has 0 bridgehead atoms. The number of ether oxygens (including phenoxy) is 9. The molecule has 0 saturated carbocycles. The third-order valence-corrected chi connectivity index (χ3v) is 16.5. The molecule has 26 nitrogen and oxygen atoms in total. The predicted octanol–water partition coefficient (Wildman–Crippen LogP) is 2.95. The lowest BCUT2D eigenvalue weighted by atomic mass is 9.83. The predicted molar refractivity (Wildman–Crippen MR) is 326 cm³/mol. The van der Waals surface area contributed by atoms with Crippen molar-refractivity contribution in [3.8, 4) is 11.4 Å². The number of hydrogen-bond donors (Lipinski definition) is 4. The Hall–Kier alpha value is -7.01. The Kier molecular flexibility index (Phi) is 28.0. The van der Waals surface area contributed by atoms with Crippen LogP contribution in [0.25, 0.3) is 22.3 Å². The molecule has 1 aromatic carbocycles. The Morgan fingerprint density at radius 3 is 1.82 bits per heavy atom. The van der Waals surface area contributed by atoms with Crippen molar-refractivity contribution in [2.45, 2.75) is 136 Å². The normalized spacial score (nSPS) is 16.6. The summed E-state index contributed by atoms with van der Waals surface area (Å²) in [6, 6.07) is 3.17. The zero-order valence-corrected chi connectivity index (χ0v) is 52.6. The van der Waals surface area contributed by atoms with Crippen molar-refractivity contribution in [1.29, 1.82) is 0 Å².